The van der Waals surface area contributed by atoms with Crippen molar-refractivity contribution in [3.05, 3.63) is 0 Å². The number of hydrogen-bond donors (Lipinski definition) is 4. The van der Waals surface area contributed by atoms with Crippen molar-refractivity contribution >= 4 is 23.9 Å². The van der Waals surface area contributed by atoms with Crippen molar-refractivity contribution in [2.45, 2.75) is 57.7 Å². The van der Waals surface area contributed by atoms with Crippen LogP contribution in [0.15, 0.2) is 0 Å². The van der Waals surface area contributed by atoms with Crippen molar-refractivity contribution in [3.63, 3.8) is 0 Å². The van der Waals surface area contributed by atoms with Crippen LogP contribution < -0.4 is 11.1 Å². The highest BCUT2D eigenvalue weighted by Gasteiger charge is 2.34. The Kier molecular flexibility index (Phi) is 9.05. The van der Waals surface area contributed by atoms with Crippen molar-refractivity contribution in [2.75, 3.05) is 14.1 Å². The zero-order valence-corrected chi connectivity index (χ0v) is 15.8. The van der Waals surface area contributed by atoms with Crippen molar-refractivity contribution in [1.29, 1.82) is 0 Å². The molecule has 150 valence electrons. The molecule has 0 aromatic heterocycles. The maximum atomic E-state index is 12.0. The van der Waals surface area contributed by atoms with Gasteiger partial charge in [-0.25, -0.2) is 14.4 Å². The number of amides is 2. The molecule has 0 unspecified atom stereocenters. The van der Waals surface area contributed by atoms with Crippen molar-refractivity contribution in [1.82, 2.24) is 10.2 Å². The van der Waals surface area contributed by atoms with E-state index in [1.807, 2.05) is 20.8 Å². The fraction of sp³-hybridized carbons (Fsp3) is 0.750. The first-order valence-corrected chi connectivity index (χ1v) is 8.17. The zero-order valence-electron chi connectivity index (χ0n) is 15.8. The topological polar surface area (TPSA) is 159 Å². The molecular weight excluding hydrogens is 346 g/mol. The number of carbonyl (C=O) groups excluding carboxylic acids is 2. The lowest BCUT2D eigenvalue weighted by Crippen LogP contribution is -2.53. The highest BCUT2D eigenvalue weighted by atomic mass is 16.6. The van der Waals surface area contributed by atoms with Crippen LogP contribution in [0.4, 0.5) is 4.79 Å². The molecule has 0 bridgehead atoms. The lowest BCUT2D eigenvalue weighted by molar-refractivity contribution is -0.159. The second kappa shape index (κ2) is 9.95. The van der Waals surface area contributed by atoms with E-state index in [9.17, 15) is 9.59 Å². The van der Waals surface area contributed by atoms with Gasteiger partial charge in [0.15, 0.2) is 0 Å². The monoisotopic (exact) mass is 375 g/mol. The Hall–Kier alpha value is -2.36. The Labute approximate surface area is 152 Å². The molecule has 10 heteroatoms. The van der Waals surface area contributed by atoms with Gasteiger partial charge in [0.25, 0.3) is 0 Å². The molecule has 1 fully saturated rings. The smallest absolute Gasteiger partial charge is 0.414 e. The number of carboxylic acids is 2. The van der Waals surface area contributed by atoms with E-state index in [0.717, 1.165) is 12.8 Å². The zero-order chi connectivity index (χ0) is 20.7. The molecule has 5 N–H and O–H groups in total. The van der Waals surface area contributed by atoms with Crippen molar-refractivity contribution < 1.29 is 34.1 Å². The highest BCUT2D eigenvalue weighted by molar-refractivity contribution is 6.27. The molecule has 0 aliphatic heterocycles. The number of ether oxygens (including phenoxy) is 1. The fourth-order valence-electron chi connectivity index (χ4n) is 2.41. The molecule has 1 rings (SSSR count). The second-order valence-electron chi connectivity index (χ2n) is 7.27. The summed E-state index contributed by atoms with van der Waals surface area (Å²) in [5.41, 5.74) is 5.49. The molecule has 1 aliphatic rings. The standard InChI is InChI=1S/C14H27N3O3.C2H2O4/c1-14(2,3)20-13(19)16-11-8-9(6-7-10(11)15)12(18)17(4)5;3-1(4)2(5)6/h9-11H,6-8,15H2,1-5H3,(H,16,19);(H,3,4)(H,5,6)/t9-,10-,11+;/m1./s1. The lowest BCUT2D eigenvalue weighted by Gasteiger charge is -2.35. The van der Waals surface area contributed by atoms with Crippen LogP contribution in [-0.4, -0.2) is 70.8 Å². The number of alkyl carbamates (subject to hydrolysis) is 1. The molecule has 3 atom stereocenters. The molecule has 10 nitrogen and oxygen atoms in total. The average molecular weight is 375 g/mol. The van der Waals surface area contributed by atoms with Crippen molar-refractivity contribution in [3.8, 4) is 0 Å². The summed E-state index contributed by atoms with van der Waals surface area (Å²) < 4.78 is 5.23. The highest BCUT2D eigenvalue weighted by Crippen LogP contribution is 2.25. The summed E-state index contributed by atoms with van der Waals surface area (Å²) in [5.74, 6) is -3.64. The van der Waals surface area contributed by atoms with Gasteiger partial charge in [-0.2, -0.15) is 0 Å². The lowest BCUT2D eigenvalue weighted by atomic mass is 9.82. The Balaban J connectivity index is 0.000000896. The maximum absolute atomic E-state index is 12.0. The molecule has 0 heterocycles. The molecule has 0 aromatic rings. The largest absolute Gasteiger partial charge is 0.473 e. The van der Waals surface area contributed by atoms with E-state index < -0.39 is 23.6 Å². The molecule has 26 heavy (non-hydrogen) atoms. The van der Waals surface area contributed by atoms with E-state index in [4.69, 9.17) is 30.3 Å². The summed E-state index contributed by atoms with van der Waals surface area (Å²) in [6.07, 6.45) is 1.59. The Bertz CT molecular complexity index is 516. The van der Waals surface area contributed by atoms with Crippen LogP contribution in [0.3, 0.4) is 0 Å². The number of nitrogens with zero attached hydrogens (tertiary/aromatic N) is 1. The Morgan fingerprint density at radius 3 is 1.96 bits per heavy atom. The first-order chi connectivity index (χ1) is 11.7. The molecule has 0 spiro atoms. The van der Waals surface area contributed by atoms with E-state index >= 15 is 0 Å². The van der Waals surface area contributed by atoms with E-state index in [1.54, 1.807) is 19.0 Å². The summed E-state index contributed by atoms with van der Waals surface area (Å²) in [6.45, 7) is 5.43. The van der Waals surface area contributed by atoms with Crippen LogP contribution in [0.2, 0.25) is 0 Å². The third-order valence-electron chi connectivity index (χ3n) is 3.58. The number of nitrogens with two attached hydrogens (primary N) is 1. The first-order valence-electron chi connectivity index (χ1n) is 8.17. The molecule has 1 aliphatic carbocycles. The normalized spacial score (nSPS) is 22.3. The van der Waals surface area contributed by atoms with Crippen molar-refractivity contribution in [2.24, 2.45) is 11.7 Å². The summed E-state index contributed by atoms with van der Waals surface area (Å²) in [5, 5.41) is 17.6. The van der Waals surface area contributed by atoms with Gasteiger partial charge in [-0.05, 0) is 40.0 Å². The molecule has 0 radical (unpaired) electrons. The van der Waals surface area contributed by atoms with Crippen LogP contribution >= 0.6 is 0 Å². The fourth-order valence-corrected chi connectivity index (χ4v) is 2.41. The van der Waals surface area contributed by atoms with Gasteiger partial charge in [0.1, 0.15) is 5.60 Å². The van der Waals surface area contributed by atoms with Gasteiger partial charge in [0.05, 0.1) is 0 Å². The minimum atomic E-state index is -1.82. The quantitative estimate of drug-likeness (QED) is 0.500. The molecule has 0 saturated heterocycles. The number of carboxylic acid groups (broad SMARTS) is 2. The van der Waals surface area contributed by atoms with Gasteiger partial charge in [0.2, 0.25) is 5.91 Å². The number of carbonyl (C=O) groups is 4. The summed E-state index contributed by atoms with van der Waals surface area (Å²) in [6, 6.07) is -0.346. The van der Waals surface area contributed by atoms with Gasteiger partial charge < -0.3 is 30.9 Å². The Morgan fingerprint density at radius 1 is 1.08 bits per heavy atom. The van der Waals surface area contributed by atoms with Gasteiger partial charge in [-0.15, -0.1) is 0 Å². The Morgan fingerprint density at radius 2 is 1.58 bits per heavy atom. The van der Waals surface area contributed by atoms with Gasteiger partial charge >= 0.3 is 18.0 Å². The average Bonchev–Trinajstić information content (AvgIpc) is 2.47. The second-order valence-corrected chi connectivity index (χ2v) is 7.27. The molecule has 2 amide bonds. The van der Waals surface area contributed by atoms with E-state index in [2.05, 4.69) is 5.32 Å². The van der Waals surface area contributed by atoms with Crippen LogP contribution in [0, 0.1) is 5.92 Å². The minimum Gasteiger partial charge on any atom is -0.473 e. The van der Waals surface area contributed by atoms with Crippen LogP contribution in [0.1, 0.15) is 40.0 Å². The maximum Gasteiger partial charge on any atom is 0.414 e. The van der Waals surface area contributed by atoms with Crippen LogP contribution in [0.5, 0.6) is 0 Å². The molecule has 0 aromatic carbocycles. The number of hydrogen-bond acceptors (Lipinski definition) is 6. The number of nitrogens with one attached hydrogen (secondary N) is 1. The summed E-state index contributed by atoms with van der Waals surface area (Å²) >= 11 is 0. The molecular formula is C16H29N3O7. The summed E-state index contributed by atoms with van der Waals surface area (Å²) in [7, 11) is 3.49. The molecule has 1 saturated carbocycles. The number of aliphatic carboxylic acids is 2. The van der Waals surface area contributed by atoms with E-state index in [1.165, 1.54) is 0 Å². The van der Waals surface area contributed by atoms with Gasteiger partial charge in [0, 0.05) is 32.1 Å². The third kappa shape index (κ3) is 9.21. The van der Waals surface area contributed by atoms with Crippen LogP contribution in [0.25, 0.3) is 0 Å². The third-order valence-corrected chi connectivity index (χ3v) is 3.58. The van der Waals surface area contributed by atoms with E-state index in [0.29, 0.717) is 6.42 Å². The predicted molar refractivity (Wildman–Crippen MR) is 92.4 cm³/mol. The van der Waals surface area contributed by atoms with Gasteiger partial charge in [-0.1, -0.05) is 0 Å². The summed E-state index contributed by atoms with van der Waals surface area (Å²) in [4.78, 5) is 43.6. The SMILES string of the molecule is CN(C)C(=O)[C@@H]1CC[C@@H](N)[C@@H](NC(=O)OC(C)(C)C)C1.O=C(O)C(=O)O. The van der Waals surface area contributed by atoms with Crippen LogP contribution in [-0.2, 0) is 19.1 Å². The van der Waals surface area contributed by atoms with Gasteiger partial charge in [-0.3, -0.25) is 4.79 Å². The predicted octanol–water partition coefficient (Wildman–Crippen LogP) is 0.251. The first kappa shape index (κ1) is 23.6. The minimum absolute atomic E-state index is 0.0789. The van der Waals surface area contributed by atoms with E-state index in [-0.39, 0.29) is 23.9 Å². The number of rotatable bonds is 2.